The molecule has 23 heavy (non-hydrogen) atoms. The molecule has 1 aromatic carbocycles. The zero-order valence-electron chi connectivity index (χ0n) is 12.9. The van der Waals surface area contributed by atoms with Crippen LogP contribution in [0, 0.1) is 0 Å². The Labute approximate surface area is 140 Å². The van der Waals surface area contributed by atoms with Gasteiger partial charge in [0, 0.05) is 44.2 Å². The van der Waals surface area contributed by atoms with E-state index in [2.05, 4.69) is 20.6 Å². The third-order valence-corrected chi connectivity index (χ3v) is 3.49. The molecule has 0 aliphatic carbocycles. The number of benzene rings is 1. The van der Waals surface area contributed by atoms with Crippen LogP contribution >= 0.6 is 11.6 Å². The van der Waals surface area contributed by atoms with Gasteiger partial charge >= 0.3 is 0 Å². The van der Waals surface area contributed by atoms with Gasteiger partial charge in [-0.1, -0.05) is 29.8 Å². The van der Waals surface area contributed by atoms with E-state index in [9.17, 15) is 4.79 Å². The number of carbonyl (C=O) groups excluding carboxylic acids is 1. The molecule has 0 atom stereocenters. The van der Waals surface area contributed by atoms with Crippen LogP contribution in [-0.2, 0) is 11.3 Å². The molecule has 0 spiro atoms. The van der Waals surface area contributed by atoms with E-state index in [0.29, 0.717) is 36.2 Å². The number of nitrogens with zero attached hydrogens (tertiary/aromatic N) is 2. The Morgan fingerprint density at radius 1 is 1.26 bits per heavy atom. The molecular formula is C16H19ClN4O2. The molecule has 0 radical (unpaired) electrons. The molecule has 2 N–H and O–H groups in total. The first-order valence-corrected chi connectivity index (χ1v) is 7.65. The van der Waals surface area contributed by atoms with Crippen molar-refractivity contribution in [1.82, 2.24) is 15.3 Å². The highest BCUT2D eigenvalue weighted by atomic mass is 35.5. The van der Waals surface area contributed by atoms with Gasteiger partial charge < -0.3 is 15.4 Å². The normalized spacial score (nSPS) is 10.3. The fourth-order valence-electron chi connectivity index (χ4n) is 1.87. The minimum atomic E-state index is -0.240. The Hall–Kier alpha value is -2.18. The maximum absolute atomic E-state index is 12.1. The highest BCUT2D eigenvalue weighted by Crippen LogP contribution is 2.14. The molecule has 0 aliphatic heterocycles. The maximum Gasteiger partial charge on any atom is 0.254 e. The predicted octanol–water partition coefficient (Wildman–Crippen LogP) is 2.51. The number of ether oxygens (including phenoxy) is 1. The molecule has 1 aromatic heterocycles. The molecule has 6 nitrogen and oxygen atoms in total. The van der Waals surface area contributed by atoms with Crippen molar-refractivity contribution in [2.45, 2.75) is 13.0 Å². The predicted molar refractivity (Wildman–Crippen MR) is 89.6 cm³/mol. The van der Waals surface area contributed by atoms with Gasteiger partial charge in [-0.2, -0.15) is 0 Å². The minimum absolute atomic E-state index is 0.240. The van der Waals surface area contributed by atoms with Crippen LogP contribution in [0.5, 0.6) is 0 Å². The number of nitrogens with one attached hydrogen (secondary N) is 2. The van der Waals surface area contributed by atoms with Crippen LogP contribution in [0.4, 0.5) is 5.95 Å². The summed E-state index contributed by atoms with van der Waals surface area (Å²) in [6.45, 7) is 1.75. The minimum Gasteiger partial charge on any atom is -0.385 e. The van der Waals surface area contributed by atoms with E-state index in [1.54, 1.807) is 13.2 Å². The maximum atomic E-state index is 12.1. The first-order valence-electron chi connectivity index (χ1n) is 7.27. The second-order valence-corrected chi connectivity index (χ2v) is 5.25. The van der Waals surface area contributed by atoms with Crippen molar-refractivity contribution in [3.8, 4) is 0 Å². The number of aromatic nitrogens is 2. The average molecular weight is 335 g/mol. The second kappa shape index (κ2) is 9.07. The van der Waals surface area contributed by atoms with Crippen molar-refractivity contribution in [3.63, 3.8) is 0 Å². The Morgan fingerprint density at radius 3 is 2.70 bits per heavy atom. The van der Waals surface area contributed by atoms with Gasteiger partial charge in [0.1, 0.15) is 0 Å². The van der Waals surface area contributed by atoms with Gasteiger partial charge in [0.2, 0.25) is 5.95 Å². The Balaban J connectivity index is 1.84. The van der Waals surface area contributed by atoms with Crippen molar-refractivity contribution in [2.24, 2.45) is 0 Å². The summed E-state index contributed by atoms with van der Waals surface area (Å²) < 4.78 is 4.96. The summed E-state index contributed by atoms with van der Waals surface area (Å²) in [5.41, 5.74) is 1.26. The molecule has 0 bridgehead atoms. The Morgan fingerprint density at radius 2 is 2.00 bits per heavy atom. The third-order valence-electron chi connectivity index (χ3n) is 3.12. The highest BCUT2D eigenvalue weighted by Gasteiger charge is 2.08. The van der Waals surface area contributed by atoms with Gasteiger partial charge in [0.05, 0.1) is 5.56 Å². The van der Waals surface area contributed by atoms with E-state index in [0.717, 1.165) is 12.0 Å². The lowest BCUT2D eigenvalue weighted by Crippen LogP contribution is -2.23. The van der Waals surface area contributed by atoms with Gasteiger partial charge in [0.25, 0.3) is 5.91 Å². The average Bonchev–Trinajstić information content (AvgIpc) is 2.58. The molecular weight excluding hydrogens is 316 g/mol. The van der Waals surface area contributed by atoms with Gasteiger partial charge in [0.15, 0.2) is 0 Å². The molecule has 0 saturated carbocycles. The summed E-state index contributed by atoms with van der Waals surface area (Å²) >= 11 is 6.05. The van der Waals surface area contributed by atoms with Crippen LogP contribution in [0.15, 0.2) is 36.7 Å². The van der Waals surface area contributed by atoms with E-state index in [1.807, 2.05) is 18.2 Å². The smallest absolute Gasteiger partial charge is 0.254 e. The largest absolute Gasteiger partial charge is 0.385 e. The molecule has 122 valence electrons. The summed E-state index contributed by atoms with van der Waals surface area (Å²) in [5, 5.41) is 6.48. The molecule has 0 saturated heterocycles. The van der Waals surface area contributed by atoms with Crippen molar-refractivity contribution in [2.75, 3.05) is 25.6 Å². The summed E-state index contributed by atoms with van der Waals surface area (Å²) in [6.07, 6.45) is 3.85. The van der Waals surface area contributed by atoms with Crippen LogP contribution in [0.25, 0.3) is 0 Å². The first kappa shape index (κ1) is 17.2. The van der Waals surface area contributed by atoms with Crippen LogP contribution in [-0.4, -0.2) is 36.1 Å². The molecule has 0 unspecified atom stereocenters. The van der Waals surface area contributed by atoms with Gasteiger partial charge in [-0.25, -0.2) is 9.97 Å². The topological polar surface area (TPSA) is 76.1 Å². The molecule has 1 amide bonds. The lowest BCUT2D eigenvalue weighted by Gasteiger charge is -2.07. The van der Waals surface area contributed by atoms with Crippen LogP contribution in [0.2, 0.25) is 5.02 Å². The SMILES string of the molecule is COCCCNc1ncc(C(=O)NCc2ccccc2Cl)cn1. The quantitative estimate of drug-likeness (QED) is 0.725. The van der Waals surface area contributed by atoms with E-state index in [-0.39, 0.29) is 5.91 Å². The fourth-order valence-corrected chi connectivity index (χ4v) is 2.08. The Kier molecular flexibility index (Phi) is 6.77. The molecule has 0 fully saturated rings. The third kappa shape index (κ3) is 5.50. The van der Waals surface area contributed by atoms with Gasteiger partial charge in [-0.05, 0) is 18.1 Å². The monoisotopic (exact) mass is 334 g/mol. The molecule has 0 aliphatic rings. The van der Waals surface area contributed by atoms with E-state index >= 15 is 0 Å². The van der Waals surface area contributed by atoms with Crippen LogP contribution < -0.4 is 10.6 Å². The number of methoxy groups -OCH3 is 1. The van der Waals surface area contributed by atoms with Crippen molar-refractivity contribution < 1.29 is 9.53 Å². The molecule has 2 rings (SSSR count). The van der Waals surface area contributed by atoms with Crippen molar-refractivity contribution in [3.05, 3.63) is 52.8 Å². The number of amides is 1. The van der Waals surface area contributed by atoms with E-state index < -0.39 is 0 Å². The van der Waals surface area contributed by atoms with Crippen LogP contribution in [0.3, 0.4) is 0 Å². The molecule has 2 aromatic rings. The molecule has 1 heterocycles. The Bertz CT molecular complexity index is 634. The summed E-state index contributed by atoms with van der Waals surface area (Å²) in [7, 11) is 1.66. The highest BCUT2D eigenvalue weighted by molar-refractivity contribution is 6.31. The standard InChI is InChI=1S/C16H19ClN4O2/c1-23-8-4-7-18-16-20-10-13(11-21-16)15(22)19-9-12-5-2-3-6-14(12)17/h2-3,5-6,10-11H,4,7-9H2,1H3,(H,19,22)(H,18,20,21). The lowest BCUT2D eigenvalue weighted by atomic mass is 10.2. The number of anilines is 1. The number of hydrogen-bond donors (Lipinski definition) is 2. The molecule has 7 heteroatoms. The van der Waals surface area contributed by atoms with E-state index in [4.69, 9.17) is 16.3 Å². The van der Waals surface area contributed by atoms with Crippen molar-refractivity contribution >= 4 is 23.5 Å². The summed E-state index contributed by atoms with van der Waals surface area (Å²) in [5.74, 6) is 0.250. The van der Waals surface area contributed by atoms with Gasteiger partial charge in [-0.15, -0.1) is 0 Å². The van der Waals surface area contributed by atoms with Gasteiger partial charge in [-0.3, -0.25) is 4.79 Å². The number of halogens is 1. The lowest BCUT2D eigenvalue weighted by molar-refractivity contribution is 0.0950. The van der Waals surface area contributed by atoms with Crippen molar-refractivity contribution in [1.29, 1.82) is 0 Å². The second-order valence-electron chi connectivity index (χ2n) is 4.84. The fraction of sp³-hybridized carbons (Fsp3) is 0.312. The zero-order chi connectivity index (χ0) is 16.5. The summed E-state index contributed by atoms with van der Waals surface area (Å²) in [4.78, 5) is 20.3. The van der Waals surface area contributed by atoms with Crippen LogP contribution in [0.1, 0.15) is 22.3 Å². The summed E-state index contributed by atoms with van der Waals surface area (Å²) in [6, 6.07) is 7.38. The van der Waals surface area contributed by atoms with E-state index in [1.165, 1.54) is 12.4 Å². The first-order chi connectivity index (χ1) is 11.2. The zero-order valence-corrected chi connectivity index (χ0v) is 13.6. The number of rotatable bonds is 8. The number of hydrogen-bond acceptors (Lipinski definition) is 5. The number of carbonyl (C=O) groups is 1.